The van der Waals surface area contributed by atoms with Gasteiger partial charge in [0.05, 0.1) is 18.8 Å². The molecule has 3 atom stereocenters. The van der Waals surface area contributed by atoms with Crippen LogP contribution in [0.4, 0.5) is 0 Å². The van der Waals surface area contributed by atoms with Crippen LogP contribution in [0.2, 0.25) is 0 Å². The molecule has 0 aromatic carbocycles. The van der Waals surface area contributed by atoms with E-state index >= 15 is 0 Å². The van der Waals surface area contributed by atoms with Gasteiger partial charge in [0.15, 0.2) is 0 Å². The van der Waals surface area contributed by atoms with Gasteiger partial charge in [-0.05, 0) is 38.1 Å². The van der Waals surface area contributed by atoms with Gasteiger partial charge in [0, 0.05) is 12.6 Å². The van der Waals surface area contributed by atoms with Crippen LogP contribution in [0.1, 0.15) is 39.5 Å². The number of nitrogens with one attached hydrogen (secondary N) is 1. The van der Waals surface area contributed by atoms with Crippen molar-refractivity contribution in [3.63, 3.8) is 0 Å². The Morgan fingerprint density at radius 2 is 2.11 bits per heavy atom. The van der Waals surface area contributed by atoms with Crippen LogP contribution in [0.15, 0.2) is 0 Å². The summed E-state index contributed by atoms with van der Waals surface area (Å²) in [5.74, 6) is 0.955. The largest absolute Gasteiger partial charge is 0.321 e. The molecule has 0 aromatic rings. The molecular weight excluding hydrogens is 226 g/mol. The number of amides is 1. The number of hydrogen-bond donors (Lipinski definition) is 1. The van der Waals surface area contributed by atoms with Crippen LogP contribution in [0, 0.1) is 5.92 Å². The second kappa shape index (κ2) is 4.82. The molecule has 3 fully saturated rings. The van der Waals surface area contributed by atoms with E-state index in [0.29, 0.717) is 30.5 Å². The fraction of sp³-hybridized carbons (Fsp3) is 0.929. The van der Waals surface area contributed by atoms with E-state index in [1.54, 1.807) is 0 Å². The van der Waals surface area contributed by atoms with Crippen molar-refractivity contribution in [3.8, 4) is 0 Å². The van der Waals surface area contributed by atoms with Crippen molar-refractivity contribution in [2.75, 3.05) is 19.6 Å². The minimum Gasteiger partial charge on any atom is -0.321 e. The summed E-state index contributed by atoms with van der Waals surface area (Å²) < 4.78 is 0. The Bertz CT molecular complexity index is 331. The van der Waals surface area contributed by atoms with E-state index in [-0.39, 0.29) is 6.17 Å². The number of rotatable bonds is 3. The lowest BCUT2D eigenvalue weighted by molar-refractivity contribution is -0.130. The topological polar surface area (TPSA) is 35.6 Å². The summed E-state index contributed by atoms with van der Waals surface area (Å²) in [6.07, 6.45) is 5.12. The van der Waals surface area contributed by atoms with Gasteiger partial charge in [-0.2, -0.15) is 0 Å². The SMILES string of the molecule is CC(C)CC1NCC(=O)N1C1CCN2CCCC12. The summed E-state index contributed by atoms with van der Waals surface area (Å²) in [7, 11) is 0. The Labute approximate surface area is 110 Å². The molecule has 1 N–H and O–H groups in total. The van der Waals surface area contributed by atoms with Crippen LogP contribution in [0.25, 0.3) is 0 Å². The zero-order chi connectivity index (χ0) is 12.7. The van der Waals surface area contributed by atoms with Gasteiger partial charge in [0.2, 0.25) is 5.91 Å². The van der Waals surface area contributed by atoms with Gasteiger partial charge >= 0.3 is 0 Å². The highest BCUT2D eigenvalue weighted by molar-refractivity contribution is 5.81. The summed E-state index contributed by atoms with van der Waals surface area (Å²) in [4.78, 5) is 17.0. The smallest absolute Gasteiger partial charge is 0.238 e. The van der Waals surface area contributed by atoms with Crippen molar-refractivity contribution in [2.24, 2.45) is 5.92 Å². The van der Waals surface area contributed by atoms with Gasteiger partial charge in [-0.15, -0.1) is 0 Å². The Balaban J connectivity index is 1.74. The molecule has 102 valence electrons. The lowest BCUT2D eigenvalue weighted by Crippen LogP contribution is -2.49. The first-order chi connectivity index (χ1) is 8.66. The molecule has 4 nitrogen and oxygen atoms in total. The number of carbonyl (C=O) groups is 1. The molecule has 3 unspecified atom stereocenters. The third-order valence-corrected chi connectivity index (χ3v) is 4.74. The van der Waals surface area contributed by atoms with Gasteiger partial charge in [-0.3, -0.25) is 15.0 Å². The maximum absolute atomic E-state index is 12.2. The summed E-state index contributed by atoms with van der Waals surface area (Å²) >= 11 is 0. The van der Waals surface area contributed by atoms with E-state index in [1.807, 2.05) is 0 Å². The van der Waals surface area contributed by atoms with Crippen molar-refractivity contribution in [2.45, 2.75) is 57.8 Å². The average Bonchev–Trinajstić information content (AvgIpc) is 2.95. The second-order valence-electron chi connectivity index (χ2n) is 6.43. The van der Waals surface area contributed by atoms with Crippen LogP contribution in [-0.2, 0) is 4.79 Å². The second-order valence-corrected chi connectivity index (χ2v) is 6.43. The van der Waals surface area contributed by atoms with E-state index in [4.69, 9.17) is 0 Å². The van der Waals surface area contributed by atoms with Crippen molar-refractivity contribution in [1.82, 2.24) is 15.1 Å². The third-order valence-electron chi connectivity index (χ3n) is 4.74. The Kier molecular flexibility index (Phi) is 3.32. The lowest BCUT2D eigenvalue weighted by atomic mass is 10.0. The fourth-order valence-corrected chi connectivity index (χ4v) is 4.01. The predicted molar refractivity (Wildman–Crippen MR) is 71.1 cm³/mol. The van der Waals surface area contributed by atoms with E-state index in [9.17, 15) is 4.79 Å². The number of fused-ring (bicyclic) bond motifs is 1. The third kappa shape index (κ3) is 2.05. The van der Waals surface area contributed by atoms with Crippen LogP contribution < -0.4 is 5.32 Å². The molecule has 0 spiro atoms. The van der Waals surface area contributed by atoms with Gasteiger partial charge < -0.3 is 4.90 Å². The summed E-state index contributed by atoms with van der Waals surface area (Å²) in [6, 6.07) is 1.11. The monoisotopic (exact) mass is 251 g/mol. The van der Waals surface area contributed by atoms with Crippen LogP contribution in [0.3, 0.4) is 0 Å². The van der Waals surface area contributed by atoms with Gasteiger partial charge in [0.1, 0.15) is 0 Å². The summed E-state index contributed by atoms with van der Waals surface area (Å²) in [6.45, 7) is 7.44. The normalized spacial score (nSPS) is 36.9. The van der Waals surface area contributed by atoms with E-state index in [2.05, 4.69) is 29.0 Å². The van der Waals surface area contributed by atoms with Crippen molar-refractivity contribution in [1.29, 1.82) is 0 Å². The maximum atomic E-state index is 12.2. The molecule has 3 saturated heterocycles. The molecule has 1 amide bonds. The Morgan fingerprint density at radius 3 is 2.89 bits per heavy atom. The summed E-state index contributed by atoms with van der Waals surface area (Å²) in [5.41, 5.74) is 0. The quantitative estimate of drug-likeness (QED) is 0.813. The molecular formula is C14H25N3O. The first-order valence-electron chi connectivity index (χ1n) is 7.45. The molecule has 3 heterocycles. The molecule has 3 aliphatic heterocycles. The van der Waals surface area contributed by atoms with Gasteiger partial charge in [0.25, 0.3) is 0 Å². The summed E-state index contributed by atoms with van der Waals surface area (Å²) in [5, 5.41) is 3.40. The van der Waals surface area contributed by atoms with Crippen molar-refractivity contribution in [3.05, 3.63) is 0 Å². The number of nitrogens with zero attached hydrogens (tertiary/aromatic N) is 2. The highest BCUT2D eigenvalue weighted by Crippen LogP contribution is 2.33. The molecule has 0 radical (unpaired) electrons. The molecule has 0 aliphatic carbocycles. The molecule has 0 aromatic heterocycles. The minimum atomic E-state index is 0.281. The highest BCUT2D eigenvalue weighted by atomic mass is 16.2. The molecule has 18 heavy (non-hydrogen) atoms. The zero-order valence-electron chi connectivity index (χ0n) is 11.6. The molecule has 0 saturated carbocycles. The maximum Gasteiger partial charge on any atom is 0.238 e. The Morgan fingerprint density at radius 1 is 1.28 bits per heavy atom. The van der Waals surface area contributed by atoms with Crippen LogP contribution in [-0.4, -0.2) is 53.6 Å². The van der Waals surface area contributed by atoms with Gasteiger partial charge in [-0.25, -0.2) is 0 Å². The van der Waals surface area contributed by atoms with Gasteiger partial charge in [-0.1, -0.05) is 13.8 Å². The van der Waals surface area contributed by atoms with E-state index < -0.39 is 0 Å². The average molecular weight is 251 g/mol. The standard InChI is InChI=1S/C14H25N3O/c1-10(2)8-13-15-9-14(18)17(13)12-5-7-16-6-3-4-11(12)16/h10-13,15H,3-9H2,1-2H3. The Hall–Kier alpha value is -0.610. The van der Waals surface area contributed by atoms with Crippen molar-refractivity contribution >= 4 is 5.91 Å². The fourth-order valence-electron chi connectivity index (χ4n) is 4.01. The predicted octanol–water partition coefficient (Wildman–Crippen LogP) is 1.03. The molecule has 3 rings (SSSR count). The molecule has 3 aliphatic rings. The molecule has 4 heteroatoms. The van der Waals surface area contributed by atoms with E-state index in [1.165, 1.54) is 32.4 Å². The molecule has 0 bridgehead atoms. The first kappa shape index (κ1) is 12.4. The van der Waals surface area contributed by atoms with Crippen LogP contribution in [0.5, 0.6) is 0 Å². The highest BCUT2D eigenvalue weighted by Gasteiger charge is 2.45. The minimum absolute atomic E-state index is 0.281. The van der Waals surface area contributed by atoms with E-state index in [0.717, 1.165) is 6.42 Å². The first-order valence-corrected chi connectivity index (χ1v) is 7.45. The number of hydrogen-bond acceptors (Lipinski definition) is 3. The van der Waals surface area contributed by atoms with Crippen molar-refractivity contribution < 1.29 is 4.79 Å². The number of carbonyl (C=O) groups excluding carboxylic acids is 1. The lowest BCUT2D eigenvalue weighted by Gasteiger charge is -2.34. The van der Waals surface area contributed by atoms with Crippen LogP contribution >= 0.6 is 0 Å². The zero-order valence-corrected chi connectivity index (χ0v) is 11.6.